The summed E-state index contributed by atoms with van der Waals surface area (Å²) in [4.78, 5) is 23.9. The van der Waals surface area contributed by atoms with Crippen LogP contribution >= 0.6 is 0 Å². The quantitative estimate of drug-likeness (QED) is 0.670. The normalized spacial score (nSPS) is 41.7. The molecule has 1 saturated heterocycles. The maximum Gasteiger partial charge on any atom is 0.309 e. The highest BCUT2D eigenvalue weighted by molar-refractivity contribution is 6.09. The summed E-state index contributed by atoms with van der Waals surface area (Å²) < 4.78 is 5.48. The number of carbonyl (C=O) groups excluding carboxylic acids is 2. The zero-order valence-corrected chi connectivity index (χ0v) is 11.3. The number of ether oxygens (including phenoxy) is 1. The molecule has 4 nitrogen and oxygen atoms in total. The van der Waals surface area contributed by atoms with Crippen molar-refractivity contribution in [2.75, 3.05) is 0 Å². The van der Waals surface area contributed by atoms with Gasteiger partial charge in [0, 0.05) is 17.4 Å². The zero-order chi connectivity index (χ0) is 13.9. The molecule has 0 aromatic rings. The molecule has 1 heterocycles. The van der Waals surface area contributed by atoms with Crippen LogP contribution in [0, 0.1) is 17.8 Å². The fourth-order valence-corrected chi connectivity index (χ4v) is 3.82. The zero-order valence-electron chi connectivity index (χ0n) is 11.3. The first-order valence-corrected chi connectivity index (χ1v) is 6.72. The number of fused-ring (bicyclic) bond motifs is 3. The predicted molar refractivity (Wildman–Crippen MR) is 68.1 cm³/mol. The van der Waals surface area contributed by atoms with Crippen molar-refractivity contribution in [3.05, 3.63) is 22.8 Å². The maximum absolute atomic E-state index is 12.1. The van der Waals surface area contributed by atoms with Crippen LogP contribution in [0.1, 0.15) is 27.2 Å². The van der Waals surface area contributed by atoms with Gasteiger partial charge in [-0.15, -0.1) is 0 Å². The lowest BCUT2D eigenvalue weighted by Crippen LogP contribution is -2.35. The molecule has 0 amide bonds. The number of ketones is 1. The van der Waals surface area contributed by atoms with Gasteiger partial charge in [0.05, 0.1) is 12.0 Å². The van der Waals surface area contributed by atoms with Gasteiger partial charge in [-0.2, -0.15) is 0 Å². The topological polar surface area (TPSA) is 63.6 Å². The van der Waals surface area contributed by atoms with Gasteiger partial charge in [0.15, 0.2) is 5.78 Å². The molecule has 0 spiro atoms. The molecule has 0 aromatic heterocycles. The van der Waals surface area contributed by atoms with Crippen molar-refractivity contribution in [3.63, 3.8) is 0 Å². The summed E-state index contributed by atoms with van der Waals surface area (Å²) >= 11 is 0. The van der Waals surface area contributed by atoms with Crippen molar-refractivity contribution in [2.24, 2.45) is 17.8 Å². The number of allylic oxidation sites excluding steroid dienone is 1. The molecule has 1 unspecified atom stereocenters. The van der Waals surface area contributed by atoms with Crippen LogP contribution in [0.3, 0.4) is 0 Å². The van der Waals surface area contributed by atoms with Gasteiger partial charge in [-0.25, -0.2) is 0 Å². The lowest BCUT2D eigenvalue weighted by molar-refractivity contribution is -0.144. The fourth-order valence-electron chi connectivity index (χ4n) is 3.82. The van der Waals surface area contributed by atoms with E-state index in [1.165, 1.54) is 0 Å². The number of rotatable bonds is 0. The Morgan fingerprint density at radius 3 is 2.68 bits per heavy atom. The Morgan fingerprint density at radius 2 is 2.00 bits per heavy atom. The number of aliphatic hydroxyl groups is 1. The van der Waals surface area contributed by atoms with Gasteiger partial charge in [0.25, 0.3) is 0 Å². The van der Waals surface area contributed by atoms with Gasteiger partial charge in [-0.3, -0.25) is 9.59 Å². The first kappa shape index (κ1) is 12.6. The van der Waals surface area contributed by atoms with Crippen LogP contribution < -0.4 is 0 Å². The van der Waals surface area contributed by atoms with Gasteiger partial charge >= 0.3 is 5.97 Å². The number of hydrogen-bond donors (Lipinski definition) is 1. The van der Waals surface area contributed by atoms with Crippen molar-refractivity contribution < 1.29 is 19.4 Å². The third-order valence-electron chi connectivity index (χ3n) is 4.75. The van der Waals surface area contributed by atoms with Crippen LogP contribution in [-0.4, -0.2) is 29.1 Å². The number of esters is 1. The Bertz CT molecular complexity index is 528. The van der Waals surface area contributed by atoms with E-state index >= 15 is 0 Å². The lowest BCUT2D eigenvalue weighted by Gasteiger charge is -2.26. The van der Waals surface area contributed by atoms with E-state index in [4.69, 9.17) is 4.74 Å². The molecule has 1 aliphatic heterocycles. The van der Waals surface area contributed by atoms with E-state index in [0.29, 0.717) is 6.42 Å². The van der Waals surface area contributed by atoms with Crippen molar-refractivity contribution in [1.82, 2.24) is 0 Å². The van der Waals surface area contributed by atoms with Crippen molar-refractivity contribution in [3.8, 4) is 0 Å². The van der Waals surface area contributed by atoms with Crippen molar-refractivity contribution >= 4 is 11.8 Å². The third kappa shape index (κ3) is 1.62. The molecule has 0 saturated carbocycles. The van der Waals surface area contributed by atoms with Crippen LogP contribution in [0.15, 0.2) is 22.8 Å². The SMILES string of the molecule is CC1=CC(=O)C2=C(C)C[C@H](O)C3[C@H](C)C(=O)O[C@@H]3[C@@H]12. The Hall–Kier alpha value is -1.42. The molecule has 0 radical (unpaired) electrons. The first-order chi connectivity index (χ1) is 8.91. The summed E-state index contributed by atoms with van der Waals surface area (Å²) in [5.74, 6) is -0.957. The highest BCUT2D eigenvalue weighted by atomic mass is 16.6. The van der Waals surface area contributed by atoms with E-state index in [2.05, 4.69) is 0 Å². The summed E-state index contributed by atoms with van der Waals surface area (Å²) in [6.07, 6.45) is 1.06. The first-order valence-electron chi connectivity index (χ1n) is 6.72. The third-order valence-corrected chi connectivity index (χ3v) is 4.75. The average molecular weight is 262 g/mol. The summed E-state index contributed by atoms with van der Waals surface area (Å²) in [7, 11) is 0. The minimum atomic E-state index is -0.620. The Balaban J connectivity index is 2.11. The highest BCUT2D eigenvalue weighted by Crippen LogP contribution is 2.47. The summed E-state index contributed by atoms with van der Waals surface area (Å²) in [6, 6.07) is 0. The minimum Gasteiger partial charge on any atom is -0.461 e. The molecule has 0 aromatic carbocycles. The van der Waals surface area contributed by atoms with E-state index in [0.717, 1.165) is 16.7 Å². The monoisotopic (exact) mass is 262 g/mol. The standard InChI is InChI=1S/C15H18O4/c1-6-4-10(17)13-8(3)15(18)19-14(13)12-7(2)5-9(16)11(6)12/h5,8,10,12-14,17H,4H2,1-3H3/t8-,10-,12-,13?,14+/m0/s1. The molecule has 19 heavy (non-hydrogen) atoms. The minimum absolute atomic E-state index is 0.00320. The van der Waals surface area contributed by atoms with Crippen LogP contribution in [0.25, 0.3) is 0 Å². The second-order valence-electron chi connectivity index (χ2n) is 5.96. The Morgan fingerprint density at radius 1 is 1.32 bits per heavy atom. The van der Waals surface area contributed by atoms with Gasteiger partial charge in [-0.1, -0.05) is 18.1 Å². The molecule has 1 fully saturated rings. The Kier molecular flexibility index (Phi) is 2.68. The van der Waals surface area contributed by atoms with E-state index in [-0.39, 0.29) is 29.5 Å². The molecule has 3 rings (SSSR count). The van der Waals surface area contributed by atoms with Gasteiger partial charge in [0.2, 0.25) is 0 Å². The second kappa shape index (κ2) is 4.04. The van der Waals surface area contributed by atoms with Crippen molar-refractivity contribution in [1.29, 1.82) is 0 Å². The second-order valence-corrected chi connectivity index (χ2v) is 5.96. The molecule has 5 atom stereocenters. The Labute approximate surface area is 112 Å². The van der Waals surface area contributed by atoms with Gasteiger partial charge < -0.3 is 9.84 Å². The fraction of sp³-hybridized carbons (Fsp3) is 0.600. The number of aliphatic hydroxyl groups excluding tert-OH is 1. The van der Waals surface area contributed by atoms with Crippen LogP contribution in [0.5, 0.6) is 0 Å². The molecular formula is C15H18O4. The summed E-state index contributed by atoms with van der Waals surface area (Å²) in [5, 5.41) is 10.3. The van der Waals surface area contributed by atoms with Crippen LogP contribution in [-0.2, 0) is 14.3 Å². The van der Waals surface area contributed by atoms with Gasteiger partial charge in [0.1, 0.15) is 6.10 Å². The molecular weight excluding hydrogens is 244 g/mol. The van der Waals surface area contributed by atoms with Gasteiger partial charge in [-0.05, 0) is 26.3 Å². The van der Waals surface area contributed by atoms with Crippen LogP contribution in [0.4, 0.5) is 0 Å². The average Bonchev–Trinajstić information content (AvgIpc) is 2.72. The van der Waals surface area contributed by atoms with E-state index < -0.39 is 12.2 Å². The molecule has 2 aliphatic carbocycles. The molecule has 3 aliphatic rings. The predicted octanol–water partition coefficient (Wildman–Crippen LogP) is 1.39. The van der Waals surface area contributed by atoms with Crippen molar-refractivity contribution in [2.45, 2.75) is 39.4 Å². The molecule has 4 heteroatoms. The lowest BCUT2D eigenvalue weighted by atomic mass is 9.80. The van der Waals surface area contributed by atoms with E-state index in [1.54, 1.807) is 13.0 Å². The molecule has 102 valence electrons. The van der Waals surface area contributed by atoms with Crippen LogP contribution in [0.2, 0.25) is 0 Å². The largest absolute Gasteiger partial charge is 0.461 e. The summed E-state index contributed by atoms with van der Waals surface area (Å²) in [5.41, 5.74) is 2.59. The van der Waals surface area contributed by atoms with E-state index in [9.17, 15) is 14.7 Å². The highest BCUT2D eigenvalue weighted by Gasteiger charge is 2.53. The smallest absolute Gasteiger partial charge is 0.309 e. The van der Waals surface area contributed by atoms with E-state index in [1.807, 2.05) is 13.8 Å². The number of hydrogen-bond acceptors (Lipinski definition) is 4. The summed E-state index contributed by atoms with van der Waals surface area (Å²) in [6.45, 7) is 5.59. The molecule has 1 N–H and O–H groups in total. The maximum atomic E-state index is 12.1. The number of carbonyl (C=O) groups is 2. The molecule has 0 bridgehead atoms.